The van der Waals surface area contributed by atoms with Crippen LogP contribution in [0.3, 0.4) is 0 Å². The zero-order chi connectivity index (χ0) is 20.1. The summed E-state index contributed by atoms with van der Waals surface area (Å²) in [5.74, 6) is -0.720. The van der Waals surface area contributed by atoms with Gasteiger partial charge < -0.3 is 20.1 Å². The van der Waals surface area contributed by atoms with Crippen molar-refractivity contribution in [3.05, 3.63) is 64.9 Å². The molecule has 0 saturated carbocycles. The van der Waals surface area contributed by atoms with Gasteiger partial charge in [0.25, 0.3) is 5.91 Å². The van der Waals surface area contributed by atoms with Crippen LogP contribution in [0, 0.1) is 5.82 Å². The Morgan fingerprint density at radius 1 is 1.18 bits per heavy atom. The Morgan fingerprint density at radius 3 is 2.50 bits per heavy atom. The van der Waals surface area contributed by atoms with Gasteiger partial charge in [-0.3, -0.25) is 9.59 Å². The fraction of sp³-hybridized carbons (Fsp3) is 0.300. The van der Waals surface area contributed by atoms with E-state index in [0.29, 0.717) is 22.9 Å². The lowest BCUT2D eigenvalue weighted by molar-refractivity contribution is -0.142. The summed E-state index contributed by atoms with van der Waals surface area (Å²) in [4.78, 5) is 26.1. The normalized spacial score (nSPS) is 19.3. The molecule has 2 aromatic carbocycles. The van der Waals surface area contributed by atoms with E-state index in [4.69, 9.17) is 26.8 Å². The van der Waals surface area contributed by atoms with Gasteiger partial charge in [-0.15, -0.1) is 0 Å². The van der Waals surface area contributed by atoms with Gasteiger partial charge in [0, 0.05) is 17.1 Å². The molecular weight excluding hydrogens is 387 g/mol. The minimum absolute atomic E-state index is 0.00797. The van der Waals surface area contributed by atoms with E-state index in [-0.39, 0.29) is 37.9 Å². The third kappa shape index (κ3) is 4.99. The van der Waals surface area contributed by atoms with Gasteiger partial charge in [-0.2, -0.15) is 0 Å². The number of benzene rings is 2. The van der Waals surface area contributed by atoms with Gasteiger partial charge in [0.05, 0.1) is 19.6 Å². The molecule has 0 aliphatic carbocycles. The summed E-state index contributed by atoms with van der Waals surface area (Å²) in [6, 6.07) is 12.1. The van der Waals surface area contributed by atoms with E-state index in [1.807, 2.05) is 0 Å². The first kappa shape index (κ1) is 20.1. The number of primary amides is 1. The van der Waals surface area contributed by atoms with Crippen LogP contribution in [0.2, 0.25) is 5.02 Å². The number of nitrogens with zero attached hydrogens (tertiary/aromatic N) is 1. The molecule has 6 nitrogen and oxygen atoms in total. The summed E-state index contributed by atoms with van der Waals surface area (Å²) in [6.45, 7) is 0.739. The maximum absolute atomic E-state index is 13.1. The minimum atomic E-state index is -1.08. The highest BCUT2D eigenvalue weighted by Gasteiger charge is 2.41. The van der Waals surface area contributed by atoms with Crippen LogP contribution in [0.25, 0.3) is 0 Å². The lowest BCUT2D eigenvalue weighted by Gasteiger charge is -2.42. The van der Waals surface area contributed by atoms with E-state index in [1.165, 1.54) is 24.3 Å². The molecule has 0 bridgehead atoms. The first-order chi connectivity index (χ1) is 13.4. The molecule has 1 saturated heterocycles. The molecule has 0 radical (unpaired) electrons. The smallest absolute Gasteiger partial charge is 0.254 e. The van der Waals surface area contributed by atoms with E-state index >= 15 is 0 Å². The molecule has 1 atom stereocenters. The number of hydrogen-bond acceptors (Lipinski definition) is 4. The Hall–Kier alpha value is -2.64. The Morgan fingerprint density at radius 2 is 1.86 bits per heavy atom. The lowest BCUT2D eigenvalue weighted by Crippen LogP contribution is -2.58. The van der Waals surface area contributed by atoms with Crippen LogP contribution in [-0.2, 0) is 9.53 Å². The van der Waals surface area contributed by atoms with Gasteiger partial charge in [0.2, 0.25) is 5.91 Å². The van der Waals surface area contributed by atoms with E-state index < -0.39 is 11.5 Å². The third-order valence-corrected chi connectivity index (χ3v) is 4.69. The number of rotatable bonds is 6. The molecule has 1 aliphatic rings. The van der Waals surface area contributed by atoms with Crippen molar-refractivity contribution in [1.82, 2.24) is 4.90 Å². The van der Waals surface area contributed by atoms with E-state index in [2.05, 4.69) is 0 Å². The topological polar surface area (TPSA) is 81.9 Å². The average molecular weight is 407 g/mol. The molecular formula is C20H20ClFN2O4. The summed E-state index contributed by atoms with van der Waals surface area (Å²) < 4.78 is 24.6. The van der Waals surface area contributed by atoms with E-state index in [0.717, 1.165) is 0 Å². The van der Waals surface area contributed by atoms with E-state index in [1.54, 1.807) is 29.2 Å². The SMILES string of the molecule is NC(=O)C[C@]1(COc2ccc(F)cc2)CN(C(=O)c2ccc(Cl)cc2)CCO1. The zero-order valence-electron chi connectivity index (χ0n) is 15.1. The number of ether oxygens (including phenoxy) is 2. The van der Waals surface area contributed by atoms with E-state index in [9.17, 15) is 14.0 Å². The molecule has 0 spiro atoms. The van der Waals surface area contributed by atoms with Gasteiger partial charge in [-0.25, -0.2) is 4.39 Å². The summed E-state index contributed by atoms with van der Waals surface area (Å²) in [6.07, 6.45) is -0.113. The van der Waals surface area contributed by atoms with Crippen LogP contribution in [0.1, 0.15) is 16.8 Å². The van der Waals surface area contributed by atoms with Crippen molar-refractivity contribution in [3.8, 4) is 5.75 Å². The minimum Gasteiger partial charge on any atom is -0.490 e. The van der Waals surface area contributed by atoms with Crippen LogP contribution in [-0.4, -0.2) is 48.6 Å². The van der Waals surface area contributed by atoms with Gasteiger partial charge in [-0.05, 0) is 48.5 Å². The summed E-state index contributed by atoms with van der Waals surface area (Å²) in [7, 11) is 0. The Balaban J connectivity index is 1.75. The highest BCUT2D eigenvalue weighted by atomic mass is 35.5. The number of halogens is 2. The Kier molecular flexibility index (Phi) is 6.16. The molecule has 2 aromatic rings. The first-order valence-electron chi connectivity index (χ1n) is 8.72. The van der Waals surface area contributed by atoms with Crippen LogP contribution in [0.15, 0.2) is 48.5 Å². The van der Waals surface area contributed by atoms with Crippen LogP contribution in [0.4, 0.5) is 4.39 Å². The van der Waals surface area contributed by atoms with Crippen molar-refractivity contribution in [2.75, 3.05) is 26.3 Å². The molecule has 1 fully saturated rings. The number of amides is 2. The molecule has 2 amide bonds. The standard InChI is InChI=1S/C20H20ClFN2O4/c21-15-3-1-14(2-4-15)19(26)24-9-10-28-20(12-24,11-18(23)25)13-27-17-7-5-16(22)6-8-17/h1-8H,9-13H2,(H2,23,25)/t20-/m1/s1. The third-order valence-electron chi connectivity index (χ3n) is 4.44. The van der Waals surface area contributed by atoms with Gasteiger partial charge in [0.15, 0.2) is 0 Å². The number of nitrogens with two attached hydrogens (primary N) is 1. The molecule has 1 heterocycles. The van der Waals surface area contributed by atoms with Crippen LogP contribution < -0.4 is 10.5 Å². The van der Waals surface area contributed by atoms with Gasteiger partial charge in [0.1, 0.15) is 23.8 Å². The number of carbonyl (C=O) groups excluding carboxylic acids is 2. The first-order valence-corrected chi connectivity index (χ1v) is 9.10. The van der Waals surface area contributed by atoms with Crippen molar-refractivity contribution in [3.63, 3.8) is 0 Å². The molecule has 0 aromatic heterocycles. The average Bonchev–Trinajstić information content (AvgIpc) is 2.67. The Labute approximate surface area is 167 Å². The molecule has 3 rings (SSSR count). The monoisotopic (exact) mass is 406 g/mol. The maximum Gasteiger partial charge on any atom is 0.254 e. The van der Waals surface area contributed by atoms with Crippen LogP contribution in [0.5, 0.6) is 5.75 Å². The Bertz CT molecular complexity index is 844. The molecule has 0 unspecified atom stereocenters. The van der Waals surface area contributed by atoms with Gasteiger partial charge >= 0.3 is 0 Å². The predicted molar refractivity (Wildman–Crippen MR) is 102 cm³/mol. The molecule has 8 heteroatoms. The highest BCUT2D eigenvalue weighted by Crippen LogP contribution is 2.25. The van der Waals surface area contributed by atoms with Gasteiger partial charge in [-0.1, -0.05) is 11.6 Å². The molecule has 148 valence electrons. The second kappa shape index (κ2) is 8.58. The quantitative estimate of drug-likeness (QED) is 0.799. The number of hydrogen-bond donors (Lipinski definition) is 1. The largest absolute Gasteiger partial charge is 0.490 e. The zero-order valence-corrected chi connectivity index (χ0v) is 15.8. The summed E-state index contributed by atoms with van der Waals surface area (Å²) in [5.41, 5.74) is 4.81. The maximum atomic E-state index is 13.1. The lowest BCUT2D eigenvalue weighted by atomic mass is 9.97. The summed E-state index contributed by atoms with van der Waals surface area (Å²) in [5, 5.41) is 0.536. The molecule has 1 aliphatic heterocycles. The fourth-order valence-corrected chi connectivity index (χ4v) is 3.23. The van der Waals surface area contributed by atoms with Crippen molar-refractivity contribution in [2.45, 2.75) is 12.0 Å². The number of morpholine rings is 1. The molecule has 2 N–H and O–H groups in total. The van der Waals surface area contributed by atoms with Crippen molar-refractivity contribution < 1.29 is 23.5 Å². The van der Waals surface area contributed by atoms with Crippen molar-refractivity contribution in [1.29, 1.82) is 0 Å². The van der Waals surface area contributed by atoms with Crippen LogP contribution >= 0.6 is 11.6 Å². The fourth-order valence-electron chi connectivity index (χ4n) is 3.10. The predicted octanol–water partition coefficient (Wildman–Crippen LogP) is 2.64. The van der Waals surface area contributed by atoms with Crippen molar-refractivity contribution >= 4 is 23.4 Å². The summed E-state index contributed by atoms with van der Waals surface area (Å²) >= 11 is 5.88. The second-order valence-corrected chi connectivity index (χ2v) is 7.09. The molecule has 28 heavy (non-hydrogen) atoms. The number of carbonyl (C=O) groups is 2. The second-order valence-electron chi connectivity index (χ2n) is 6.65. The highest BCUT2D eigenvalue weighted by molar-refractivity contribution is 6.30. The van der Waals surface area contributed by atoms with Crippen molar-refractivity contribution in [2.24, 2.45) is 5.73 Å².